The molecular weight excluding hydrogens is 449 g/mol. The Morgan fingerprint density at radius 3 is 2.28 bits per heavy atom. The van der Waals surface area contributed by atoms with E-state index in [1.165, 1.54) is 37.7 Å². The van der Waals surface area contributed by atoms with Gasteiger partial charge in [-0.3, -0.25) is 14.3 Å². The zero-order valence-corrected chi connectivity index (χ0v) is 18.6. The summed E-state index contributed by atoms with van der Waals surface area (Å²) in [5.41, 5.74) is 1.24. The highest BCUT2D eigenvalue weighted by Crippen LogP contribution is 2.30. The van der Waals surface area contributed by atoms with Crippen LogP contribution in [0.5, 0.6) is 5.75 Å². The molecule has 0 radical (unpaired) electrons. The van der Waals surface area contributed by atoms with Crippen LogP contribution in [0.2, 0.25) is 5.02 Å². The predicted octanol–water partition coefficient (Wildman–Crippen LogP) is 4.53. The van der Waals surface area contributed by atoms with Crippen LogP contribution < -0.4 is 15.4 Å². The Bertz CT molecular complexity index is 709. The Morgan fingerprint density at radius 2 is 1.66 bits per heavy atom. The van der Waals surface area contributed by atoms with Crippen LogP contribution in [0, 0.1) is 0 Å². The topological polar surface area (TPSA) is 76.7 Å². The van der Waals surface area contributed by atoms with Crippen LogP contribution in [-0.2, 0) is 20.7 Å². The van der Waals surface area contributed by atoms with Gasteiger partial charge in [-0.1, -0.05) is 30.9 Å². The molecule has 0 spiro atoms. The number of carbonyl (C=O) groups excluding carboxylic acids is 2. The highest BCUT2D eigenvalue weighted by atomic mass is 35.5. The van der Waals surface area contributed by atoms with Gasteiger partial charge in [-0.15, -0.1) is 13.2 Å². The van der Waals surface area contributed by atoms with E-state index in [-0.39, 0.29) is 18.9 Å². The average molecular weight is 479 g/mol. The third-order valence-electron chi connectivity index (χ3n) is 5.48. The van der Waals surface area contributed by atoms with Gasteiger partial charge < -0.3 is 15.4 Å². The number of ether oxygens (including phenoxy) is 2. The lowest BCUT2D eigenvalue weighted by molar-refractivity contribution is -0.351. The minimum absolute atomic E-state index is 0.158. The maximum absolute atomic E-state index is 11.5. The lowest BCUT2D eigenvalue weighted by Crippen LogP contribution is -2.46. The molecule has 1 heterocycles. The van der Waals surface area contributed by atoms with Gasteiger partial charge in [0.05, 0.1) is 12.7 Å². The second-order valence-electron chi connectivity index (χ2n) is 7.96. The number of benzene rings is 1. The molecule has 4 rings (SSSR count). The molecule has 1 aromatic carbocycles. The van der Waals surface area contributed by atoms with Crippen LogP contribution in [0.1, 0.15) is 56.9 Å². The molecule has 6 nitrogen and oxygen atoms in total. The summed E-state index contributed by atoms with van der Waals surface area (Å²) >= 11 is 5.82. The summed E-state index contributed by atoms with van der Waals surface area (Å²) in [7, 11) is 0. The fourth-order valence-electron chi connectivity index (χ4n) is 3.78. The number of fused-ring (bicyclic) bond motifs is 1. The summed E-state index contributed by atoms with van der Waals surface area (Å²) in [6.45, 7) is 0.842. The summed E-state index contributed by atoms with van der Waals surface area (Å²) in [6.07, 6.45) is 4.88. The molecule has 0 saturated heterocycles. The molecule has 0 unspecified atom stereocenters. The second-order valence-corrected chi connectivity index (χ2v) is 8.40. The van der Waals surface area contributed by atoms with Crippen molar-refractivity contribution in [3.63, 3.8) is 0 Å². The van der Waals surface area contributed by atoms with E-state index >= 15 is 0 Å². The minimum Gasteiger partial charge on any atom is -0.493 e. The van der Waals surface area contributed by atoms with Gasteiger partial charge in [0.2, 0.25) is 12.8 Å². The summed E-state index contributed by atoms with van der Waals surface area (Å²) in [5.74, 6) is 1.00. The SMILES string of the molecule is Clc1ccc2c(c1)CCCO2.O=CNC1CC(OC(F)(F)F)C1.O=CNC1CCCCC1. The Labute approximate surface area is 191 Å². The van der Waals surface area contributed by atoms with Crippen molar-refractivity contribution >= 4 is 24.4 Å². The van der Waals surface area contributed by atoms with Gasteiger partial charge in [0.15, 0.2) is 0 Å². The van der Waals surface area contributed by atoms with E-state index in [1.807, 2.05) is 18.2 Å². The molecule has 32 heavy (non-hydrogen) atoms. The minimum atomic E-state index is -4.56. The molecule has 2 fully saturated rings. The molecule has 10 heteroatoms. The number of carbonyl (C=O) groups is 2. The molecule has 2 aliphatic carbocycles. The first-order valence-corrected chi connectivity index (χ1v) is 11.2. The molecule has 1 aromatic rings. The van der Waals surface area contributed by atoms with Crippen molar-refractivity contribution in [1.82, 2.24) is 10.6 Å². The van der Waals surface area contributed by atoms with Crippen molar-refractivity contribution in [3.8, 4) is 5.75 Å². The van der Waals surface area contributed by atoms with Crippen molar-refractivity contribution in [2.75, 3.05) is 6.61 Å². The lowest BCUT2D eigenvalue weighted by atomic mass is 9.89. The van der Waals surface area contributed by atoms with Crippen LogP contribution in [0.4, 0.5) is 13.2 Å². The summed E-state index contributed by atoms with van der Waals surface area (Å²) in [5, 5.41) is 5.97. The maximum atomic E-state index is 11.5. The second kappa shape index (κ2) is 13.5. The normalized spacial score (nSPS) is 22.2. The van der Waals surface area contributed by atoms with Crippen molar-refractivity contribution < 1.29 is 32.2 Å². The van der Waals surface area contributed by atoms with E-state index in [1.54, 1.807) is 0 Å². The van der Waals surface area contributed by atoms with E-state index in [9.17, 15) is 22.8 Å². The zero-order chi connectivity index (χ0) is 23.4. The number of rotatable bonds is 5. The van der Waals surface area contributed by atoms with Crippen molar-refractivity contribution in [2.24, 2.45) is 0 Å². The zero-order valence-electron chi connectivity index (χ0n) is 17.8. The Balaban J connectivity index is 0.000000172. The molecule has 0 bridgehead atoms. The first-order valence-electron chi connectivity index (χ1n) is 10.9. The van der Waals surface area contributed by atoms with Crippen LogP contribution in [0.3, 0.4) is 0 Å². The molecule has 2 amide bonds. The van der Waals surface area contributed by atoms with Crippen LogP contribution in [0.25, 0.3) is 0 Å². The number of hydrogen-bond donors (Lipinski definition) is 2. The number of amides is 2. The third-order valence-corrected chi connectivity index (χ3v) is 5.71. The van der Waals surface area contributed by atoms with Crippen LogP contribution in [-0.4, -0.2) is 44.0 Å². The molecule has 180 valence electrons. The third kappa shape index (κ3) is 10.1. The van der Waals surface area contributed by atoms with E-state index < -0.39 is 12.5 Å². The van der Waals surface area contributed by atoms with Gasteiger partial charge in [-0.2, -0.15) is 0 Å². The van der Waals surface area contributed by atoms with E-state index in [4.69, 9.17) is 16.3 Å². The first kappa shape index (κ1) is 26.3. The number of alkyl halides is 3. The fraction of sp³-hybridized carbons (Fsp3) is 0.636. The lowest BCUT2D eigenvalue weighted by Gasteiger charge is -2.34. The monoisotopic (exact) mass is 478 g/mol. The quantitative estimate of drug-likeness (QED) is 0.610. The highest BCUT2D eigenvalue weighted by molar-refractivity contribution is 6.30. The molecule has 0 atom stereocenters. The highest BCUT2D eigenvalue weighted by Gasteiger charge is 2.39. The van der Waals surface area contributed by atoms with Crippen molar-refractivity contribution in [3.05, 3.63) is 28.8 Å². The first-order chi connectivity index (χ1) is 15.3. The Morgan fingerprint density at radius 1 is 1.00 bits per heavy atom. The molecule has 3 aliphatic rings. The van der Waals surface area contributed by atoms with E-state index in [2.05, 4.69) is 15.4 Å². The van der Waals surface area contributed by atoms with Gasteiger partial charge >= 0.3 is 6.36 Å². The number of aryl methyl sites for hydroxylation is 1. The molecule has 2 saturated carbocycles. The summed E-state index contributed by atoms with van der Waals surface area (Å²) < 4.78 is 43.7. The Kier molecular flexibility index (Phi) is 11.1. The molecular formula is C22H30ClF3N2O4. The van der Waals surface area contributed by atoms with Gasteiger partial charge in [0.25, 0.3) is 0 Å². The van der Waals surface area contributed by atoms with Gasteiger partial charge in [-0.25, -0.2) is 0 Å². The average Bonchev–Trinajstić information content (AvgIpc) is 2.73. The van der Waals surface area contributed by atoms with Crippen LogP contribution >= 0.6 is 11.6 Å². The van der Waals surface area contributed by atoms with Crippen molar-refractivity contribution in [2.45, 2.75) is 82.3 Å². The van der Waals surface area contributed by atoms with Crippen LogP contribution in [0.15, 0.2) is 18.2 Å². The van der Waals surface area contributed by atoms with E-state index in [0.29, 0.717) is 12.5 Å². The van der Waals surface area contributed by atoms with Gasteiger partial charge in [0, 0.05) is 17.1 Å². The summed E-state index contributed by atoms with van der Waals surface area (Å²) in [4.78, 5) is 19.8. The molecule has 2 N–H and O–H groups in total. The number of halogens is 4. The molecule has 1 aliphatic heterocycles. The van der Waals surface area contributed by atoms with Gasteiger partial charge in [-0.05, 0) is 62.3 Å². The molecule has 0 aromatic heterocycles. The van der Waals surface area contributed by atoms with Gasteiger partial charge in [0.1, 0.15) is 5.75 Å². The fourth-order valence-corrected chi connectivity index (χ4v) is 3.97. The standard InChI is InChI=1S/C9H9ClO.C7H13NO.C6H8F3NO2/c10-8-3-4-9-7(6-8)2-1-5-11-9;9-6-8-7-4-2-1-3-5-7;7-6(8,9)12-5-1-4(2-5)10-3-11/h3-4,6H,1-2,5H2;6-7H,1-5H2,(H,8,9);3-5H,1-2H2,(H,10,11). The number of hydrogen-bond acceptors (Lipinski definition) is 4. The maximum Gasteiger partial charge on any atom is 0.522 e. The summed E-state index contributed by atoms with van der Waals surface area (Å²) in [6, 6.07) is 6.12. The van der Waals surface area contributed by atoms with Crippen molar-refractivity contribution in [1.29, 1.82) is 0 Å². The number of nitrogens with one attached hydrogen (secondary N) is 2. The van der Waals surface area contributed by atoms with E-state index in [0.717, 1.165) is 36.6 Å². The smallest absolute Gasteiger partial charge is 0.493 e. The predicted molar refractivity (Wildman–Crippen MR) is 114 cm³/mol. The Hall–Kier alpha value is -2.00. The largest absolute Gasteiger partial charge is 0.522 e.